The van der Waals surface area contributed by atoms with E-state index in [1.807, 2.05) is 0 Å². The first-order valence-electron chi connectivity index (χ1n) is 5.13. The van der Waals surface area contributed by atoms with Gasteiger partial charge in [-0.2, -0.15) is 0 Å². The monoisotopic (exact) mass is 256 g/mol. The maximum Gasteiger partial charge on any atom is 0.306 e. The van der Waals surface area contributed by atoms with Gasteiger partial charge in [0.15, 0.2) is 0 Å². The van der Waals surface area contributed by atoms with E-state index in [1.165, 1.54) is 12.3 Å². The van der Waals surface area contributed by atoms with E-state index < -0.39 is 11.9 Å². The molecule has 0 aliphatic heterocycles. The van der Waals surface area contributed by atoms with Gasteiger partial charge in [0.2, 0.25) is 0 Å². The van der Waals surface area contributed by atoms with E-state index >= 15 is 0 Å². The Morgan fingerprint density at radius 3 is 2.88 bits per heavy atom. The fraction of sp³-hybridized carbons (Fsp3) is 0.364. The van der Waals surface area contributed by atoms with Gasteiger partial charge in [0, 0.05) is 18.3 Å². The zero-order valence-electron chi connectivity index (χ0n) is 9.31. The number of nitrogens with zero attached hydrogens (tertiary/aromatic N) is 1. The summed E-state index contributed by atoms with van der Waals surface area (Å²) in [5, 5.41) is 11.5. The number of nitrogens with one attached hydrogen (secondary N) is 1. The second-order valence-corrected chi connectivity index (χ2v) is 4.04. The average molecular weight is 257 g/mol. The predicted octanol–water partition coefficient (Wildman–Crippen LogP) is 1.58. The largest absolute Gasteiger partial charge is 0.481 e. The van der Waals surface area contributed by atoms with Crippen molar-refractivity contribution in [3.8, 4) is 0 Å². The lowest BCUT2D eigenvalue weighted by Crippen LogP contribution is -2.27. The molecule has 0 radical (unpaired) electrons. The summed E-state index contributed by atoms with van der Waals surface area (Å²) < 4.78 is 0. The number of carboxylic acid groups (broad SMARTS) is 1. The van der Waals surface area contributed by atoms with E-state index in [0.717, 1.165) is 0 Å². The molecule has 0 aliphatic carbocycles. The van der Waals surface area contributed by atoms with Crippen molar-refractivity contribution in [2.75, 3.05) is 6.54 Å². The minimum Gasteiger partial charge on any atom is -0.481 e. The van der Waals surface area contributed by atoms with Crippen LogP contribution in [-0.2, 0) is 4.79 Å². The van der Waals surface area contributed by atoms with Crippen LogP contribution in [0.25, 0.3) is 0 Å². The number of pyridine rings is 1. The Bertz CT molecular complexity index is 423. The fourth-order valence-corrected chi connectivity index (χ4v) is 1.35. The molecule has 0 bridgehead atoms. The molecule has 1 unspecified atom stereocenters. The van der Waals surface area contributed by atoms with Crippen molar-refractivity contribution in [2.24, 2.45) is 5.92 Å². The summed E-state index contributed by atoms with van der Waals surface area (Å²) in [6, 6.07) is 3.00. The molecule has 1 amide bonds. The number of halogens is 1. The number of carbonyl (C=O) groups is 2. The highest BCUT2D eigenvalue weighted by molar-refractivity contribution is 6.29. The molecule has 1 aromatic heterocycles. The van der Waals surface area contributed by atoms with Gasteiger partial charge in [-0.05, 0) is 18.6 Å². The van der Waals surface area contributed by atoms with Crippen LogP contribution in [0.15, 0.2) is 18.3 Å². The molecule has 1 aromatic rings. The zero-order chi connectivity index (χ0) is 12.8. The summed E-state index contributed by atoms with van der Waals surface area (Å²) >= 11 is 5.65. The van der Waals surface area contributed by atoms with Gasteiger partial charge in [-0.25, -0.2) is 4.98 Å². The number of amides is 1. The third-order valence-electron chi connectivity index (χ3n) is 2.27. The van der Waals surface area contributed by atoms with Gasteiger partial charge in [-0.3, -0.25) is 9.59 Å². The number of aliphatic carboxylic acids is 1. The predicted molar refractivity (Wildman–Crippen MR) is 63.0 cm³/mol. The smallest absolute Gasteiger partial charge is 0.306 e. The lowest BCUT2D eigenvalue weighted by atomic mass is 10.1. The topological polar surface area (TPSA) is 79.3 Å². The number of hydrogen-bond acceptors (Lipinski definition) is 3. The third-order valence-corrected chi connectivity index (χ3v) is 2.48. The van der Waals surface area contributed by atoms with Crippen LogP contribution in [0, 0.1) is 5.92 Å². The minimum atomic E-state index is -0.869. The van der Waals surface area contributed by atoms with E-state index in [0.29, 0.717) is 18.5 Å². The van der Waals surface area contributed by atoms with Gasteiger partial charge in [0.25, 0.3) is 5.91 Å². The van der Waals surface area contributed by atoms with Crippen LogP contribution in [0.1, 0.15) is 23.7 Å². The van der Waals surface area contributed by atoms with E-state index in [-0.39, 0.29) is 11.1 Å². The first-order valence-corrected chi connectivity index (χ1v) is 5.51. The second-order valence-electron chi connectivity index (χ2n) is 3.65. The van der Waals surface area contributed by atoms with Crippen LogP contribution in [-0.4, -0.2) is 28.5 Å². The molecule has 0 saturated carbocycles. The Morgan fingerprint density at radius 1 is 1.59 bits per heavy atom. The molecule has 5 nitrogen and oxygen atoms in total. The van der Waals surface area contributed by atoms with Crippen molar-refractivity contribution in [1.82, 2.24) is 10.3 Å². The Kier molecular flexibility index (Phi) is 4.90. The number of hydrogen-bond donors (Lipinski definition) is 2. The molecule has 0 aromatic carbocycles. The highest BCUT2D eigenvalue weighted by Crippen LogP contribution is 2.07. The average Bonchev–Trinajstić information content (AvgIpc) is 2.28. The first-order chi connectivity index (χ1) is 8.00. The molecule has 2 N–H and O–H groups in total. The first kappa shape index (κ1) is 13.4. The van der Waals surface area contributed by atoms with Gasteiger partial charge < -0.3 is 10.4 Å². The van der Waals surface area contributed by atoms with Crippen LogP contribution in [0.4, 0.5) is 0 Å². The second kappa shape index (κ2) is 6.20. The molecular formula is C11H13ClN2O3. The Balaban J connectivity index is 2.43. The van der Waals surface area contributed by atoms with E-state index in [1.54, 1.807) is 13.0 Å². The summed E-state index contributed by atoms with van der Waals surface area (Å²) in [6.07, 6.45) is 1.83. The lowest BCUT2D eigenvalue weighted by molar-refractivity contribution is -0.141. The molecule has 92 valence electrons. The molecule has 1 heterocycles. The lowest BCUT2D eigenvalue weighted by Gasteiger charge is -2.07. The third kappa shape index (κ3) is 4.40. The van der Waals surface area contributed by atoms with Crippen molar-refractivity contribution >= 4 is 23.5 Å². The maximum absolute atomic E-state index is 11.6. The number of rotatable bonds is 5. The number of aromatic nitrogens is 1. The van der Waals surface area contributed by atoms with Crippen molar-refractivity contribution < 1.29 is 14.7 Å². The highest BCUT2D eigenvalue weighted by Gasteiger charge is 2.11. The fourth-order valence-electron chi connectivity index (χ4n) is 1.17. The van der Waals surface area contributed by atoms with Gasteiger partial charge in [0.05, 0.1) is 5.92 Å². The van der Waals surface area contributed by atoms with E-state index in [2.05, 4.69) is 10.3 Å². The summed E-state index contributed by atoms with van der Waals surface area (Å²) in [5.74, 6) is -1.63. The van der Waals surface area contributed by atoms with Crippen molar-refractivity contribution in [1.29, 1.82) is 0 Å². The summed E-state index contributed by atoms with van der Waals surface area (Å²) in [7, 11) is 0. The van der Waals surface area contributed by atoms with E-state index in [9.17, 15) is 9.59 Å². The standard InChI is InChI=1S/C11H13ClN2O3/c1-7(11(16)17)2-4-14-10(15)8-3-5-13-9(12)6-8/h3,5-7H,2,4H2,1H3,(H,14,15)(H,16,17). The number of carbonyl (C=O) groups excluding carboxylic acids is 1. The molecule has 0 aliphatic rings. The van der Waals surface area contributed by atoms with Gasteiger partial charge in [-0.15, -0.1) is 0 Å². The van der Waals surface area contributed by atoms with Gasteiger partial charge >= 0.3 is 5.97 Å². The quantitative estimate of drug-likeness (QED) is 0.784. The van der Waals surface area contributed by atoms with Gasteiger partial charge in [0.1, 0.15) is 5.15 Å². The molecular weight excluding hydrogens is 244 g/mol. The van der Waals surface area contributed by atoms with Crippen LogP contribution in [0.2, 0.25) is 5.15 Å². The van der Waals surface area contributed by atoms with Crippen molar-refractivity contribution in [2.45, 2.75) is 13.3 Å². The molecule has 6 heteroatoms. The Morgan fingerprint density at radius 2 is 2.29 bits per heavy atom. The molecule has 0 saturated heterocycles. The Labute approximate surface area is 104 Å². The van der Waals surface area contributed by atoms with Crippen LogP contribution >= 0.6 is 11.6 Å². The maximum atomic E-state index is 11.6. The van der Waals surface area contributed by atoms with Gasteiger partial charge in [-0.1, -0.05) is 18.5 Å². The van der Waals surface area contributed by atoms with Crippen LogP contribution < -0.4 is 5.32 Å². The summed E-state index contributed by atoms with van der Waals surface area (Å²) in [5.41, 5.74) is 0.410. The van der Waals surface area contributed by atoms with Crippen LogP contribution in [0.5, 0.6) is 0 Å². The molecule has 0 fully saturated rings. The molecule has 1 atom stereocenters. The molecule has 17 heavy (non-hydrogen) atoms. The van der Waals surface area contributed by atoms with Crippen molar-refractivity contribution in [3.05, 3.63) is 29.0 Å². The van der Waals surface area contributed by atoms with Crippen LogP contribution in [0.3, 0.4) is 0 Å². The van der Waals surface area contributed by atoms with E-state index in [4.69, 9.17) is 16.7 Å². The normalized spacial score (nSPS) is 11.9. The SMILES string of the molecule is CC(CCNC(=O)c1ccnc(Cl)c1)C(=O)O. The summed E-state index contributed by atoms with van der Waals surface area (Å²) in [4.78, 5) is 25.9. The zero-order valence-corrected chi connectivity index (χ0v) is 10.1. The number of carboxylic acids is 1. The summed E-state index contributed by atoms with van der Waals surface area (Å²) in [6.45, 7) is 1.91. The highest BCUT2D eigenvalue weighted by atomic mass is 35.5. The molecule has 0 spiro atoms. The minimum absolute atomic E-state index is 0.247. The van der Waals surface area contributed by atoms with Crippen molar-refractivity contribution in [3.63, 3.8) is 0 Å². The molecule has 1 rings (SSSR count). The Hall–Kier alpha value is -1.62.